The first-order valence-electron chi connectivity index (χ1n) is 7.46. The van der Waals surface area contributed by atoms with E-state index in [4.69, 9.17) is 0 Å². The van der Waals surface area contributed by atoms with Crippen LogP contribution in [-0.2, 0) is 13.0 Å². The number of hydrogen-bond donors (Lipinski definition) is 1. The van der Waals surface area contributed by atoms with Crippen LogP contribution in [0.25, 0.3) is 10.8 Å². The summed E-state index contributed by atoms with van der Waals surface area (Å²) in [6.45, 7) is 3.83. The van der Waals surface area contributed by atoms with Gasteiger partial charge in [-0.15, -0.1) is 0 Å². The molecule has 0 fully saturated rings. The third kappa shape index (κ3) is 2.51. The van der Waals surface area contributed by atoms with E-state index in [-0.39, 0.29) is 12.4 Å². The van der Waals surface area contributed by atoms with Gasteiger partial charge in [-0.25, -0.2) is 4.39 Å². The zero-order valence-corrected chi connectivity index (χ0v) is 12.9. The van der Waals surface area contributed by atoms with Crippen LogP contribution in [-0.4, -0.2) is 5.11 Å². The molecule has 112 valence electrons. The smallest absolute Gasteiger partial charge is 0.133 e. The molecule has 3 aromatic rings. The third-order valence-electron chi connectivity index (χ3n) is 4.29. The first-order chi connectivity index (χ1) is 10.6. The summed E-state index contributed by atoms with van der Waals surface area (Å²) in [7, 11) is 0. The molecule has 0 aliphatic carbocycles. The fourth-order valence-electron chi connectivity index (χ4n) is 3.08. The number of rotatable bonds is 3. The Kier molecular flexibility index (Phi) is 3.95. The van der Waals surface area contributed by atoms with Gasteiger partial charge in [0.1, 0.15) is 5.82 Å². The van der Waals surface area contributed by atoms with Gasteiger partial charge in [0, 0.05) is 5.39 Å². The summed E-state index contributed by atoms with van der Waals surface area (Å²) in [4.78, 5) is 0. The van der Waals surface area contributed by atoms with Crippen molar-refractivity contribution in [2.75, 3.05) is 0 Å². The van der Waals surface area contributed by atoms with Crippen LogP contribution < -0.4 is 0 Å². The van der Waals surface area contributed by atoms with Crippen molar-refractivity contribution in [3.05, 3.63) is 82.2 Å². The maximum Gasteiger partial charge on any atom is 0.133 e. The van der Waals surface area contributed by atoms with Crippen molar-refractivity contribution in [3.63, 3.8) is 0 Å². The average molecular weight is 294 g/mol. The number of aliphatic hydroxyl groups is 1. The Hall–Kier alpha value is -2.19. The SMILES string of the molecule is Cc1cccc(Cc2cc(C)c(F)c3ccccc23)c1CO. The molecule has 0 saturated carbocycles. The molecule has 0 aliphatic rings. The minimum atomic E-state index is -0.147. The molecule has 1 N–H and O–H groups in total. The molecule has 0 unspecified atom stereocenters. The highest BCUT2D eigenvalue weighted by atomic mass is 19.1. The second kappa shape index (κ2) is 5.90. The van der Waals surface area contributed by atoms with Gasteiger partial charge in [-0.05, 0) is 53.5 Å². The van der Waals surface area contributed by atoms with Gasteiger partial charge in [-0.3, -0.25) is 0 Å². The molecule has 0 bridgehead atoms. The van der Waals surface area contributed by atoms with Gasteiger partial charge in [-0.2, -0.15) is 0 Å². The Labute approximate surface area is 130 Å². The zero-order valence-electron chi connectivity index (χ0n) is 12.9. The molecule has 0 spiro atoms. The molecule has 3 aromatic carbocycles. The average Bonchev–Trinajstić information content (AvgIpc) is 2.52. The summed E-state index contributed by atoms with van der Waals surface area (Å²) < 4.78 is 14.3. The Morgan fingerprint density at radius 3 is 2.32 bits per heavy atom. The van der Waals surface area contributed by atoms with Crippen LogP contribution in [0.5, 0.6) is 0 Å². The van der Waals surface area contributed by atoms with Crippen LogP contribution in [0.15, 0.2) is 48.5 Å². The van der Waals surface area contributed by atoms with E-state index in [0.717, 1.165) is 27.6 Å². The van der Waals surface area contributed by atoms with Crippen molar-refractivity contribution < 1.29 is 9.50 Å². The second-order valence-corrected chi connectivity index (χ2v) is 5.76. The number of hydrogen-bond acceptors (Lipinski definition) is 1. The molecular weight excluding hydrogens is 275 g/mol. The van der Waals surface area contributed by atoms with Crippen molar-refractivity contribution in [3.8, 4) is 0 Å². The highest BCUT2D eigenvalue weighted by molar-refractivity contribution is 5.87. The van der Waals surface area contributed by atoms with Crippen LogP contribution in [0.3, 0.4) is 0 Å². The van der Waals surface area contributed by atoms with E-state index in [1.165, 1.54) is 0 Å². The predicted molar refractivity (Wildman–Crippen MR) is 88.6 cm³/mol. The minimum absolute atomic E-state index is 0.0279. The van der Waals surface area contributed by atoms with E-state index in [1.807, 2.05) is 55.5 Å². The maximum absolute atomic E-state index is 14.3. The highest BCUT2D eigenvalue weighted by Gasteiger charge is 2.12. The monoisotopic (exact) mass is 294 g/mol. The molecule has 0 saturated heterocycles. The topological polar surface area (TPSA) is 20.2 Å². The lowest BCUT2D eigenvalue weighted by Crippen LogP contribution is -2.00. The molecule has 0 heterocycles. The van der Waals surface area contributed by atoms with E-state index in [1.54, 1.807) is 6.92 Å². The summed E-state index contributed by atoms with van der Waals surface area (Å²) in [6, 6.07) is 15.5. The summed E-state index contributed by atoms with van der Waals surface area (Å²) in [5, 5.41) is 11.2. The molecule has 3 rings (SSSR count). The predicted octanol–water partition coefficient (Wildman–Crippen LogP) is 4.68. The lowest BCUT2D eigenvalue weighted by Gasteiger charge is -2.14. The molecule has 2 heteroatoms. The van der Waals surface area contributed by atoms with E-state index in [2.05, 4.69) is 0 Å². The zero-order chi connectivity index (χ0) is 15.7. The Morgan fingerprint density at radius 2 is 1.59 bits per heavy atom. The molecule has 0 atom stereocenters. The quantitative estimate of drug-likeness (QED) is 0.743. The number of aliphatic hydroxyl groups excluding tert-OH is 1. The van der Waals surface area contributed by atoms with Crippen molar-refractivity contribution in [2.45, 2.75) is 26.9 Å². The van der Waals surface area contributed by atoms with Gasteiger partial charge in [0.2, 0.25) is 0 Å². The van der Waals surface area contributed by atoms with Gasteiger partial charge in [0.15, 0.2) is 0 Å². The van der Waals surface area contributed by atoms with Crippen molar-refractivity contribution in [1.82, 2.24) is 0 Å². The fraction of sp³-hybridized carbons (Fsp3) is 0.200. The molecular formula is C20H19FO. The molecule has 0 radical (unpaired) electrons. The Bertz CT molecular complexity index is 836. The fourth-order valence-corrected chi connectivity index (χ4v) is 3.08. The number of benzene rings is 3. The van der Waals surface area contributed by atoms with Gasteiger partial charge in [0.25, 0.3) is 0 Å². The van der Waals surface area contributed by atoms with Crippen LogP contribution in [0, 0.1) is 19.7 Å². The van der Waals surface area contributed by atoms with Gasteiger partial charge in [0.05, 0.1) is 6.61 Å². The molecule has 0 aromatic heterocycles. The maximum atomic E-state index is 14.3. The number of aryl methyl sites for hydroxylation is 2. The molecule has 0 aliphatic heterocycles. The van der Waals surface area contributed by atoms with Crippen molar-refractivity contribution >= 4 is 10.8 Å². The summed E-state index contributed by atoms with van der Waals surface area (Å²) in [6.07, 6.45) is 0.694. The van der Waals surface area contributed by atoms with E-state index >= 15 is 0 Å². The first kappa shape index (κ1) is 14.7. The number of halogens is 1. The van der Waals surface area contributed by atoms with Crippen LogP contribution in [0.4, 0.5) is 4.39 Å². The van der Waals surface area contributed by atoms with E-state index < -0.39 is 0 Å². The van der Waals surface area contributed by atoms with Crippen LogP contribution >= 0.6 is 0 Å². The van der Waals surface area contributed by atoms with E-state index in [9.17, 15) is 9.50 Å². The van der Waals surface area contributed by atoms with Gasteiger partial charge >= 0.3 is 0 Å². The summed E-state index contributed by atoms with van der Waals surface area (Å²) in [5.41, 5.74) is 4.90. The van der Waals surface area contributed by atoms with Crippen molar-refractivity contribution in [1.29, 1.82) is 0 Å². The Morgan fingerprint density at radius 1 is 0.864 bits per heavy atom. The first-order valence-corrected chi connectivity index (χ1v) is 7.46. The molecule has 1 nitrogen and oxygen atoms in total. The van der Waals surface area contributed by atoms with Gasteiger partial charge < -0.3 is 5.11 Å². The highest BCUT2D eigenvalue weighted by Crippen LogP contribution is 2.28. The standard InChI is InChI=1S/C20H19FO/c1-13-6-5-7-15(19(13)12-22)11-16-10-14(2)20(21)18-9-4-3-8-17(16)18/h3-10,22H,11-12H2,1-2H3. The molecule has 0 amide bonds. The lowest BCUT2D eigenvalue weighted by molar-refractivity contribution is 0.280. The largest absolute Gasteiger partial charge is 0.392 e. The lowest BCUT2D eigenvalue weighted by atomic mass is 9.92. The van der Waals surface area contributed by atoms with E-state index in [0.29, 0.717) is 17.4 Å². The minimum Gasteiger partial charge on any atom is -0.392 e. The Balaban J connectivity index is 2.16. The van der Waals surface area contributed by atoms with Gasteiger partial charge in [-0.1, -0.05) is 48.5 Å². The normalized spacial score (nSPS) is 11.1. The summed E-state index contributed by atoms with van der Waals surface area (Å²) >= 11 is 0. The second-order valence-electron chi connectivity index (χ2n) is 5.76. The van der Waals surface area contributed by atoms with Crippen LogP contribution in [0.1, 0.15) is 27.8 Å². The third-order valence-corrected chi connectivity index (χ3v) is 4.29. The van der Waals surface area contributed by atoms with Crippen LogP contribution in [0.2, 0.25) is 0 Å². The number of fused-ring (bicyclic) bond motifs is 1. The van der Waals surface area contributed by atoms with Crippen molar-refractivity contribution in [2.24, 2.45) is 0 Å². The molecule has 22 heavy (non-hydrogen) atoms. The summed E-state index contributed by atoms with van der Waals surface area (Å²) in [5.74, 6) is -0.147.